The number of nitrogens with zero attached hydrogens (tertiary/aromatic N) is 2. The Kier molecular flexibility index (Phi) is 9.04. The smallest absolute Gasteiger partial charge is 0.343 e. The number of fused-ring (bicyclic) bond motifs is 2. The number of amides is 1. The number of carbonyl (C=O) groups is 5. The lowest BCUT2D eigenvalue weighted by atomic mass is 10.0. The first kappa shape index (κ1) is 28.4. The van der Waals surface area contributed by atoms with Crippen LogP contribution in [0, 0.1) is 0 Å². The van der Waals surface area contributed by atoms with Crippen LogP contribution in [0.15, 0.2) is 41.4 Å². The topological polar surface area (TPSA) is 232 Å². The van der Waals surface area contributed by atoms with E-state index in [-0.39, 0.29) is 35.2 Å². The Morgan fingerprint density at radius 1 is 1.05 bits per heavy atom. The van der Waals surface area contributed by atoms with Gasteiger partial charge in [-0.15, -0.1) is 0 Å². The highest BCUT2D eigenvalue weighted by atomic mass is 16.6. The summed E-state index contributed by atoms with van der Waals surface area (Å²) in [5.74, 6) is -6.70. The summed E-state index contributed by atoms with van der Waals surface area (Å²) >= 11 is 0. The van der Waals surface area contributed by atoms with Gasteiger partial charge in [-0.3, -0.25) is 14.4 Å². The molecule has 0 unspecified atom stereocenters. The van der Waals surface area contributed by atoms with Gasteiger partial charge in [-0.05, 0) is 48.7 Å². The van der Waals surface area contributed by atoms with E-state index in [9.17, 15) is 34.2 Å². The van der Waals surface area contributed by atoms with Crippen molar-refractivity contribution in [2.75, 3.05) is 13.2 Å². The first-order chi connectivity index (χ1) is 18.5. The second kappa shape index (κ2) is 12.4. The molecule has 2 aromatic rings. The van der Waals surface area contributed by atoms with Crippen LogP contribution < -0.4 is 20.9 Å². The summed E-state index contributed by atoms with van der Waals surface area (Å²) in [6.07, 6.45) is -0.871. The number of ether oxygens (including phenoxy) is 2. The van der Waals surface area contributed by atoms with Crippen molar-refractivity contribution in [3.63, 3.8) is 0 Å². The molecule has 0 aromatic heterocycles. The highest BCUT2D eigenvalue weighted by Crippen LogP contribution is 2.35. The standard InChI is InChI=1S/C25H26N4O10/c26-25(27)28-14-6-7-15-13(11-14)3-2-10-38-21-16(4-1-5-18(21)39-24(15)37)22(34)29(9-8-19(30)31)17(23(35)36)12-20(32)33/h1,4-7,11,17H,2-3,8-10,12H2,(H,30,31)(H,32,33)(H,35,36)(H4,26,27,28)/t17-/m0/s1. The molecule has 1 aliphatic heterocycles. The monoisotopic (exact) mass is 542 g/mol. The Morgan fingerprint density at radius 2 is 1.79 bits per heavy atom. The van der Waals surface area contributed by atoms with Crippen LogP contribution in [0.25, 0.3) is 0 Å². The van der Waals surface area contributed by atoms with Gasteiger partial charge in [-0.1, -0.05) is 6.07 Å². The Hall–Kier alpha value is -5.14. The molecule has 1 heterocycles. The zero-order chi connectivity index (χ0) is 28.7. The summed E-state index contributed by atoms with van der Waals surface area (Å²) in [6.45, 7) is -0.541. The Morgan fingerprint density at radius 3 is 2.44 bits per heavy atom. The van der Waals surface area contributed by atoms with Crippen LogP contribution in [0.2, 0.25) is 0 Å². The van der Waals surface area contributed by atoms with E-state index < -0.39 is 55.2 Å². The van der Waals surface area contributed by atoms with E-state index in [1.54, 1.807) is 6.07 Å². The molecular formula is C25H26N4O10. The van der Waals surface area contributed by atoms with Gasteiger partial charge < -0.3 is 41.2 Å². The molecule has 14 nitrogen and oxygen atoms in total. The van der Waals surface area contributed by atoms with Gasteiger partial charge in [-0.2, -0.15) is 0 Å². The van der Waals surface area contributed by atoms with E-state index in [4.69, 9.17) is 26.0 Å². The second-order valence-corrected chi connectivity index (χ2v) is 8.45. The molecule has 1 atom stereocenters. The molecule has 0 saturated heterocycles. The molecule has 0 aliphatic carbocycles. The molecule has 0 spiro atoms. The average Bonchev–Trinajstić information content (AvgIpc) is 2.85. The van der Waals surface area contributed by atoms with Gasteiger partial charge in [0.2, 0.25) is 0 Å². The molecule has 206 valence electrons. The average molecular weight is 543 g/mol. The van der Waals surface area contributed by atoms with Crippen molar-refractivity contribution in [1.29, 1.82) is 0 Å². The van der Waals surface area contributed by atoms with Gasteiger partial charge in [0.25, 0.3) is 5.91 Å². The third kappa shape index (κ3) is 7.21. The minimum absolute atomic E-state index is 0.0490. The number of carboxylic acid groups (broad SMARTS) is 3. The fraction of sp³-hybridized carbons (Fsp3) is 0.280. The maximum atomic E-state index is 13.5. The zero-order valence-electron chi connectivity index (χ0n) is 20.5. The maximum absolute atomic E-state index is 13.5. The summed E-state index contributed by atoms with van der Waals surface area (Å²) in [4.78, 5) is 65.5. The molecule has 3 rings (SSSR count). The molecule has 39 heavy (non-hydrogen) atoms. The molecule has 0 fully saturated rings. The maximum Gasteiger partial charge on any atom is 0.343 e. The van der Waals surface area contributed by atoms with Gasteiger partial charge in [-0.25, -0.2) is 14.6 Å². The van der Waals surface area contributed by atoms with E-state index in [0.29, 0.717) is 29.0 Å². The van der Waals surface area contributed by atoms with Gasteiger partial charge in [0.05, 0.1) is 36.3 Å². The quantitative estimate of drug-likeness (QED) is 0.129. The molecular weight excluding hydrogens is 516 g/mol. The summed E-state index contributed by atoms with van der Waals surface area (Å²) in [6, 6.07) is 6.80. The van der Waals surface area contributed by atoms with Crippen LogP contribution >= 0.6 is 0 Å². The summed E-state index contributed by atoms with van der Waals surface area (Å²) in [5.41, 5.74) is 11.9. The van der Waals surface area contributed by atoms with Crippen LogP contribution in [-0.4, -0.2) is 75.2 Å². The van der Waals surface area contributed by atoms with E-state index in [1.807, 2.05) is 0 Å². The summed E-state index contributed by atoms with van der Waals surface area (Å²) < 4.78 is 11.3. The van der Waals surface area contributed by atoms with Crippen LogP contribution in [0.1, 0.15) is 45.5 Å². The normalized spacial score (nSPS) is 13.4. The van der Waals surface area contributed by atoms with E-state index in [0.717, 1.165) is 0 Å². The minimum Gasteiger partial charge on any atom is -0.489 e. The number of rotatable bonds is 9. The van der Waals surface area contributed by atoms with Crippen molar-refractivity contribution in [1.82, 2.24) is 4.90 Å². The van der Waals surface area contributed by atoms with Gasteiger partial charge in [0.1, 0.15) is 6.04 Å². The number of benzene rings is 2. The first-order valence-corrected chi connectivity index (χ1v) is 11.7. The third-order valence-corrected chi connectivity index (χ3v) is 5.67. The number of hydrogen-bond donors (Lipinski definition) is 5. The number of esters is 1. The molecule has 2 aromatic carbocycles. The number of aliphatic carboxylic acids is 3. The molecule has 0 bridgehead atoms. The second-order valence-electron chi connectivity index (χ2n) is 8.45. The number of guanidine groups is 1. The molecule has 0 saturated carbocycles. The van der Waals surface area contributed by atoms with Crippen molar-refractivity contribution < 1.29 is 48.8 Å². The zero-order valence-corrected chi connectivity index (χ0v) is 20.5. The molecule has 1 aliphatic rings. The van der Waals surface area contributed by atoms with Crippen molar-refractivity contribution >= 4 is 41.4 Å². The van der Waals surface area contributed by atoms with E-state index >= 15 is 0 Å². The lowest BCUT2D eigenvalue weighted by Crippen LogP contribution is -2.47. The van der Waals surface area contributed by atoms with E-state index in [2.05, 4.69) is 4.99 Å². The Bertz CT molecular complexity index is 1340. The van der Waals surface area contributed by atoms with Crippen molar-refractivity contribution in [2.24, 2.45) is 16.5 Å². The molecule has 0 radical (unpaired) electrons. The number of carbonyl (C=O) groups excluding carboxylic acids is 2. The summed E-state index contributed by atoms with van der Waals surface area (Å²) in [5, 5.41) is 27.9. The predicted molar refractivity (Wildman–Crippen MR) is 134 cm³/mol. The molecule has 14 heteroatoms. The van der Waals surface area contributed by atoms with Crippen molar-refractivity contribution in [2.45, 2.75) is 31.7 Å². The molecule has 7 N–H and O–H groups in total. The fourth-order valence-corrected chi connectivity index (χ4v) is 3.98. The predicted octanol–water partition coefficient (Wildman–Crippen LogP) is 0.981. The number of nitrogens with two attached hydrogens (primary N) is 2. The van der Waals surface area contributed by atoms with Gasteiger partial charge in [0, 0.05) is 6.54 Å². The minimum atomic E-state index is -1.86. The number of aliphatic imine (C=N–C) groups is 1. The van der Waals surface area contributed by atoms with Gasteiger partial charge >= 0.3 is 23.9 Å². The van der Waals surface area contributed by atoms with Crippen molar-refractivity contribution in [3.8, 4) is 11.5 Å². The fourth-order valence-electron chi connectivity index (χ4n) is 3.98. The highest BCUT2D eigenvalue weighted by molar-refractivity contribution is 6.01. The lowest BCUT2D eigenvalue weighted by Gasteiger charge is -2.29. The number of carboxylic acids is 3. The number of aryl methyl sites for hydroxylation is 1. The lowest BCUT2D eigenvalue weighted by molar-refractivity contribution is -0.149. The van der Waals surface area contributed by atoms with Crippen LogP contribution in [-0.2, 0) is 20.8 Å². The van der Waals surface area contributed by atoms with Crippen molar-refractivity contribution in [3.05, 3.63) is 53.1 Å². The van der Waals surface area contributed by atoms with Gasteiger partial charge in [0.15, 0.2) is 17.5 Å². The Labute approximate surface area is 221 Å². The SMILES string of the molecule is NC(N)=Nc1ccc2c(c1)CCCOc1c(cccc1C(=O)N(CCC(=O)O)[C@@H](CC(=O)O)C(=O)O)OC2=O. The number of para-hydroxylation sites is 1. The third-order valence-electron chi connectivity index (χ3n) is 5.67. The van der Waals surface area contributed by atoms with Crippen LogP contribution in [0.4, 0.5) is 5.69 Å². The number of hydrogen-bond acceptors (Lipinski definition) is 8. The van der Waals surface area contributed by atoms with Crippen LogP contribution in [0.3, 0.4) is 0 Å². The van der Waals surface area contributed by atoms with Crippen LogP contribution in [0.5, 0.6) is 11.5 Å². The van der Waals surface area contributed by atoms with E-state index in [1.165, 1.54) is 30.3 Å². The first-order valence-electron chi connectivity index (χ1n) is 11.7. The summed E-state index contributed by atoms with van der Waals surface area (Å²) in [7, 11) is 0. The highest BCUT2D eigenvalue weighted by Gasteiger charge is 2.35. The largest absolute Gasteiger partial charge is 0.489 e. The molecule has 1 amide bonds. The Balaban J connectivity index is 2.02.